The first-order chi connectivity index (χ1) is 8.46. The molecule has 0 bridgehead atoms. The molecule has 2 nitrogen and oxygen atoms in total. The summed E-state index contributed by atoms with van der Waals surface area (Å²) in [4.78, 5) is 4.80. The summed E-state index contributed by atoms with van der Waals surface area (Å²) in [6.45, 7) is 6.54. The van der Waals surface area contributed by atoms with E-state index in [1.807, 2.05) is 0 Å². The van der Waals surface area contributed by atoms with Crippen molar-refractivity contribution in [2.24, 2.45) is 5.41 Å². The molecule has 2 N–H and O–H groups in total. The Labute approximate surface area is 108 Å². The van der Waals surface area contributed by atoms with Crippen molar-refractivity contribution < 1.29 is 0 Å². The third kappa shape index (κ3) is 1.69. The fourth-order valence-electron chi connectivity index (χ4n) is 2.59. The minimum atomic E-state index is 0.171. The van der Waals surface area contributed by atoms with Crippen LogP contribution in [0.5, 0.6) is 0 Å². The molecule has 0 aliphatic heterocycles. The van der Waals surface area contributed by atoms with Crippen molar-refractivity contribution in [3.63, 3.8) is 0 Å². The van der Waals surface area contributed by atoms with E-state index in [0.29, 0.717) is 0 Å². The second-order valence-corrected chi connectivity index (χ2v) is 5.91. The van der Waals surface area contributed by atoms with Crippen LogP contribution < -0.4 is 5.73 Å². The Morgan fingerprint density at radius 2 is 2.06 bits per heavy atom. The van der Waals surface area contributed by atoms with Crippen molar-refractivity contribution in [1.29, 1.82) is 0 Å². The number of aryl methyl sites for hydroxylation is 1. The van der Waals surface area contributed by atoms with Gasteiger partial charge in [0.05, 0.1) is 16.9 Å². The third-order valence-corrected chi connectivity index (χ3v) is 3.62. The Hall–Kier alpha value is -1.83. The van der Waals surface area contributed by atoms with Gasteiger partial charge in [-0.3, -0.25) is 4.98 Å². The SMILES string of the molecule is Cc1ccc2c(N)c3c(nc2c1)CC(C)(C)C=C3. The average Bonchev–Trinajstić information content (AvgIpc) is 2.27. The van der Waals surface area contributed by atoms with Crippen LogP contribution in [0.1, 0.15) is 30.7 Å². The molecule has 0 saturated heterocycles. The molecular formula is C16H18N2. The molecule has 0 atom stereocenters. The fraction of sp³-hybridized carbons (Fsp3) is 0.312. The van der Waals surface area contributed by atoms with Gasteiger partial charge in [-0.25, -0.2) is 0 Å². The van der Waals surface area contributed by atoms with E-state index in [-0.39, 0.29) is 5.41 Å². The molecule has 1 aliphatic carbocycles. The van der Waals surface area contributed by atoms with Gasteiger partial charge < -0.3 is 5.73 Å². The van der Waals surface area contributed by atoms with Crippen LogP contribution in [0.3, 0.4) is 0 Å². The van der Waals surface area contributed by atoms with Gasteiger partial charge in [0.15, 0.2) is 0 Å². The Balaban J connectivity index is 2.32. The first-order valence-corrected chi connectivity index (χ1v) is 6.34. The largest absolute Gasteiger partial charge is 0.398 e. The number of hydrogen-bond donors (Lipinski definition) is 1. The smallest absolute Gasteiger partial charge is 0.0729 e. The maximum Gasteiger partial charge on any atom is 0.0729 e. The molecule has 0 spiro atoms. The van der Waals surface area contributed by atoms with Crippen molar-refractivity contribution in [2.75, 3.05) is 5.73 Å². The van der Waals surface area contributed by atoms with Gasteiger partial charge in [0.25, 0.3) is 0 Å². The standard InChI is InChI=1S/C16H18N2/c1-10-4-5-11-13(8-10)18-14-9-16(2,3)7-6-12(14)15(11)17/h4-8H,9H2,1-3H3,(H2,17,18). The highest BCUT2D eigenvalue weighted by atomic mass is 14.7. The molecule has 0 fully saturated rings. The minimum absolute atomic E-state index is 0.171. The molecular weight excluding hydrogens is 220 g/mol. The van der Waals surface area contributed by atoms with Crippen LogP contribution in [-0.2, 0) is 6.42 Å². The van der Waals surface area contributed by atoms with Crippen molar-refractivity contribution in [3.05, 3.63) is 41.1 Å². The van der Waals surface area contributed by atoms with Crippen LogP contribution in [-0.4, -0.2) is 4.98 Å². The molecule has 3 rings (SSSR count). The number of fused-ring (bicyclic) bond motifs is 2. The minimum Gasteiger partial charge on any atom is -0.398 e. The lowest BCUT2D eigenvalue weighted by molar-refractivity contribution is 0.469. The predicted molar refractivity (Wildman–Crippen MR) is 77.4 cm³/mol. The van der Waals surface area contributed by atoms with E-state index in [0.717, 1.165) is 34.3 Å². The molecule has 2 heteroatoms. The second kappa shape index (κ2) is 3.58. The molecule has 92 valence electrons. The van der Waals surface area contributed by atoms with Gasteiger partial charge in [-0.05, 0) is 30.4 Å². The zero-order valence-electron chi connectivity index (χ0n) is 11.1. The lowest BCUT2D eigenvalue weighted by Crippen LogP contribution is -2.18. The number of hydrogen-bond acceptors (Lipinski definition) is 2. The zero-order valence-corrected chi connectivity index (χ0v) is 11.1. The van der Waals surface area contributed by atoms with Crippen LogP contribution in [0, 0.1) is 12.3 Å². The number of aromatic nitrogens is 1. The molecule has 18 heavy (non-hydrogen) atoms. The van der Waals surface area contributed by atoms with E-state index < -0.39 is 0 Å². The second-order valence-electron chi connectivity index (χ2n) is 5.91. The summed E-state index contributed by atoms with van der Waals surface area (Å²) in [5, 5.41) is 1.06. The highest BCUT2D eigenvalue weighted by Gasteiger charge is 2.23. The maximum absolute atomic E-state index is 6.29. The average molecular weight is 238 g/mol. The zero-order chi connectivity index (χ0) is 12.9. The summed E-state index contributed by atoms with van der Waals surface area (Å²) in [5.74, 6) is 0. The number of benzene rings is 1. The topological polar surface area (TPSA) is 38.9 Å². The Morgan fingerprint density at radius 1 is 1.28 bits per heavy atom. The van der Waals surface area contributed by atoms with Crippen molar-refractivity contribution in [2.45, 2.75) is 27.2 Å². The number of nitrogens with two attached hydrogens (primary N) is 1. The molecule has 0 amide bonds. The van der Waals surface area contributed by atoms with Gasteiger partial charge >= 0.3 is 0 Å². The molecule has 1 aromatic heterocycles. The molecule has 0 saturated carbocycles. The van der Waals surface area contributed by atoms with Gasteiger partial charge in [-0.1, -0.05) is 38.1 Å². The fourth-order valence-corrected chi connectivity index (χ4v) is 2.59. The van der Waals surface area contributed by atoms with Crippen molar-refractivity contribution >= 4 is 22.7 Å². The van der Waals surface area contributed by atoms with E-state index in [1.54, 1.807) is 0 Å². The lowest BCUT2D eigenvalue weighted by atomic mass is 9.81. The first kappa shape index (κ1) is 11.3. The number of pyridine rings is 1. The summed E-state index contributed by atoms with van der Waals surface area (Å²) in [6.07, 6.45) is 5.31. The Morgan fingerprint density at radius 3 is 2.83 bits per heavy atom. The normalized spacial score (nSPS) is 16.8. The van der Waals surface area contributed by atoms with Crippen LogP contribution in [0.15, 0.2) is 24.3 Å². The van der Waals surface area contributed by atoms with E-state index in [4.69, 9.17) is 10.7 Å². The number of nitrogens with zero attached hydrogens (tertiary/aromatic N) is 1. The number of rotatable bonds is 0. The van der Waals surface area contributed by atoms with Gasteiger partial charge in [0.2, 0.25) is 0 Å². The van der Waals surface area contributed by atoms with Gasteiger partial charge in [0.1, 0.15) is 0 Å². The van der Waals surface area contributed by atoms with Gasteiger partial charge in [-0.15, -0.1) is 0 Å². The first-order valence-electron chi connectivity index (χ1n) is 6.34. The molecule has 0 radical (unpaired) electrons. The highest BCUT2D eigenvalue weighted by molar-refractivity contribution is 5.95. The van der Waals surface area contributed by atoms with E-state index in [2.05, 4.69) is 51.1 Å². The predicted octanol–water partition coefficient (Wildman–Crippen LogP) is 3.72. The quantitative estimate of drug-likeness (QED) is 0.759. The van der Waals surface area contributed by atoms with Crippen molar-refractivity contribution in [1.82, 2.24) is 4.98 Å². The summed E-state index contributed by atoms with van der Waals surface area (Å²) < 4.78 is 0. The number of nitrogen functional groups attached to an aromatic ring is 1. The highest BCUT2D eigenvalue weighted by Crippen LogP contribution is 2.36. The van der Waals surface area contributed by atoms with E-state index >= 15 is 0 Å². The van der Waals surface area contributed by atoms with E-state index in [1.165, 1.54) is 5.56 Å². The van der Waals surface area contributed by atoms with Crippen LogP contribution in [0.25, 0.3) is 17.0 Å². The summed E-state index contributed by atoms with van der Waals surface area (Å²) in [7, 11) is 0. The van der Waals surface area contributed by atoms with Gasteiger partial charge in [0, 0.05) is 10.9 Å². The molecule has 1 aromatic carbocycles. The molecule has 1 aliphatic rings. The Kier molecular flexibility index (Phi) is 2.24. The maximum atomic E-state index is 6.29. The van der Waals surface area contributed by atoms with Crippen molar-refractivity contribution in [3.8, 4) is 0 Å². The van der Waals surface area contributed by atoms with Crippen LogP contribution >= 0.6 is 0 Å². The monoisotopic (exact) mass is 238 g/mol. The van der Waals surface area contributed by atoms with Crippen LogP contribution in [0.2, 0.25) is 0 Å². The third-order valence-electron chi connectivity index (χ3n) is 3.62. The lowest BCUT2D eigenvalue weighted by Gasteiger charge is -2.26. The van der Waals surface area contributed by atoms with E-state index in [9.17, 15) is 0 Å². The summed E-state index contributed by atoms with van der Waals surface area (Å²) in [6, 6.07) is 6.27. The molecule has 0 unspecified atom stereocenters. The summed E-state index contributed by atoms with van der Waals surface area (Å²) in [5.41, 5.74) is 11.8. The Bertz CT molecular complexity index is 666. The van der Waals surface area contributed by atoms with Crippen LogP contribution in [0.4, 0.5) is 5.69 Å². The number of allylic oxidation sites excluding steroid dienone is 1. The number of anilines is 1. The van der Waals surface area contributed by atoms with Gasteiger partial charge in [-0.2, -0.15) is 0 Å². The molecule has 2 aromatic rings. The molecule has 1 heterocycles. The summed E-state index contributed by atoms with van der Waals surface area (Å²) >= 11 is 0.